The van der Waals surface area contributed by atoms with Crippen molar-refractivity contribution in [2.24, 2.45) is 5.92 Å². The first-order chi connectivity index (χ1) is 10.7. The predicted molar refractivity (Wildman–Crippen MR) is 85.2 cm³/mol. The molecule has 1 saturated heterocycles. The van der Waals surface area contributed by atoms with Crippen LogP contribution in [0.3, 0.4) is 0 Å². The third-order valence-corrected chi connectivity index (χ3v) is 3.74. The molecule has 1 aliphatic rings. The molecule has 1 aromatic heterocycles. The van der Waals surface area contributed by atoms with Gasteiger partial charge in [0.05, 0.1) is 25.9 Å². The lowest BCUT2D eigenvalue weighted by Crippen LogP contribution is -2.31. The highest BCUT2D eigenvalue weighted by Crippen LogP contribution is 2.19. The minimum absolute atomic E-state index is 0.181. The van der Waals surface area contributed by atoms with Crippen molar-refractivity contribution < 1.29 is 14.2 Å². The number of hydrogen-bond donors (Lipinski definition) is 1. The van der Waals surface area contributed by atoms with E-state index in [1.54, 1.807) is 0 Å². The molecule has 6 heteroatoms. The van der Waals surface area contributed by atoms with Crippen LogP contribution in [0.1, 0.15) is 33.6 Å². The second-order valence-electron chi connectivity index (χ2n) is 5.83. The van der Waals surface area contributed by atoms with Crippen LogP contribution < -0.4 is 10.1 Å². The Morgan fingerprint density at radius 3 is 2.77 bits per heavy atom. The highest BCUT2D eigenvalue weighted by atomic mass is 16.5. The summed E-state index contributed by atoms with van der Waals surface area (Å²) >= 11 is 0. The van der Waals surface area contributed by atoms with Gasteiger partial charge < -0.3 is 19.5 Å². The maximum Gasteiger partial charge on any atom is 0.218 e. The summed E-state index contributed by atoms with van der Waals surface area (Å²) in [4.78, 5) is 8.48. The topological polar surface area (TPSA) is 65.5 Å². The van der Waals surface area contributed by atoms with Crippen LogP contribution in [0.15, 0.2) is 12.4 Å². The molecular formula is C16H27N3O3. The molecule has 1 atom stereocenters. The van der Waals surface area contributed by atoms with Gasteiger partial charge in [0.15, 0.2) is 0 Å². The van der Waals surface area contributed by atoms with Gasteiger partial charge >= 0.3 is 0 Å². The SMILES string of the molecule is CCOCC(Nc1cc(OC2CCOCC2)ncn1)C(C)C. The number of anilines is 1. The highest BCUT2D eigenvalue weighted by Gasteiger charge is 2.17. The Morgan fingerprint density at radius 2 is 2.09 bits per heavy atom. The second-order valence-corrected chi connectivity index (χ2v) is 5.83. The maximum absolute atomic E-state index is 5.92. The van der Waals surface area contributed by atoms with Crippen LogP contribution in [0.5, 0.6) is 5.88 Å². The van der Waals surface area contributed by atoms with Crippen molar-refractivity contribution in [1.29, 1.82) is 0 Å². The fourth-order valence-corrected chi connectivity index (χ4v) is 2.28. The van der Waals surface area contributed by atoms with E-state index in [0.717, 1.165) is 31.9 Å². The van der Waals surface area contributed by atoms with Crippen LogP contribution in [0, 0.1) is 5.92 Å². The molecular weight excluding hydrogens is 282 g/mol. The third-order valence-electron chi connectivity index (χ3n) is 3.74. The van der Waals surface area contributed by atoms with E-state index in [2.05, 4.69) is 29.1 Å². The Morgan fingerprint density at radius 1 is 1.32 bits per heavy atom. The first-order valence-electron chi connectivity index (χ1n) is 8.09. The van der Waals surface area contributed by atoms with Crippen LogP contribution in [-0.4, -0.2) is 48.5 Å². The summed E-state index contributed by atoms with van der Waals surface area (Å²) in [5.41, 5.74) is 0. The van der Waals surface area contributed by atoms with Crippen molar-refractivity contribution in [2.75, 3.05) is 31.7 Å². The molecule has 0 aliphatic carbocycles. The van der Waals surface area contributed by atoms with Gasteiger partial charge in [-0.1, -0.05) is 13.8 Å². The molecule has 0 bridgehead atoms. The normalized spacial score (nSPS) is 17.5. The zero-order valence-electron chi connectivity index (χ0n) is 13.7. The molecule has 0 radical (unpaired) electrons. The largest absolute Gasteiger partial charge is 0.474 e. The van der Waals surface area contributed by atoms with Gasteiger partial charge in [-0.25, -0.2) is 9.97 Å². The van der Waals surface area contributed by atoms with Crippen molar-refractivity contribution >= 4 is 5.82 Å². The summed E-state index contributed by atoms with van der Waals surface area (Å²) in [6.07, 6.45) is 3.53. The van der Waals surface area contributed by atoms with E-state index >= 15 is 0 Å². The minimum Gasteiger partial charge on any atom is -0.474 e. The summed E-state index contributed by atoms with van der Waals surface area (Å²) in [6.45, 7) is 9.22. The summed E-state index contributed by atoms with van der Waals surface area (Å²) < 4.78 is 16.8. The average Bonchev–Trinajstić information content (AvgIpc) is 2.52. The molecule has 1 unspecified atom stereocenters. The standard InChI is InChI=1S/C16H27N3O3/c1-4-20-10-14(12(2)3)19-15-9-16(18-11-17-15)22-13-5-7-21-8-6-13/h9,11-14H,4-8,10H2,1-3H3,(H,17,18,19). The zero-order valence-corrected chi connectivity index (χ0v) is 13.7. The number of nitrogens with one attached hydrogen (secondary N) is 1. The van der Waals surface area contributed by atoms with E-state index in [9.17, 15) is 0 Å². The molecule has 1 aromatic rings. The molecule has 1 fully saturated rings. The van der Waals surface area contributed by atoms with Crippen molar-refractivity contribution in [1.82, 2.24) is 9.97 Å². The Labute approximate surface area is 132 Å². The van der Waals surface area contributed by atoms with E-state index in [1.165, 1.54) is 6.33 Å². The highest BCUT2D eigenvalue weighted by molar-refractivity contribution is 5.38. The Bertz CT molecular complexity index is 436. The van der Waals surface area contributed by atoms with Crippen LogP contribution in [0.2, 0.25) is 0 Å². The number of rotatable bonds is 8. The lowest BCUT2D eigenvalue weighted by atomic mass is 10.1. The number of hydrogen-bond acceptors (Lipinski definition) is 6. The number of nitrogens with zero attached hydrogens (tertiary/aromatic N) is 2. The molecule has 0 aromatic carbocycles. The number of aromatic nitrogens is 2. The summed E-state index contributed by atoms with van der Waals surface area (Å²) in [5, 5.41) is 3.41. The summed E-state index contributed by atoms with van der Waals surface area (Å²) in [7, 11) is 0. The van der Waals surface area contributed by atoms with Crippen molar-refractivity contribution in [2.45, 2.75) is 45.8 Å². The maximum atomic E-state index is 5.92. The molecule has 0 saturated carbocycles. The van der Waals surface area contributed by atoms with Gasteiger partial charge in [-0.3, -0.25) is 0 Å². The summed E-state index contributed by atoms with van der Waals surface area (Å²) in [5.74, 6) is 1.83. The van der Waals surface area contributed by atoms with E-state index in [4.69, 9.17) is 14.2 Å². The molecule has 1 aliphatic heterocycles. The molecule has 6 nitrogen and oxygen atoms in total. The molecule has 0 amide bonds. The Kier molecular flexibility index (Phi) is 6.86. The van der Waals surface area contributed by atoms with Crippen molar-refractivity contribution in [3.05, 3.63) is 12.4 Å². The van der Waals surface area contributed by atoms with Crippen molar-refractivity contribution in [3.8, 4) is 5.88 Å². The number of ether oxygens (including phenoxy) is 3. The van der Waals surface area contributed by atoms with E-state index in [0.29, 0.717) is 25.0 Å². The van der Waals surface area contributed by atoms with Gasteiger partial charge in [-0.15, -0.1) is 0 Å². The second kappa shape index (κ2) is 8.90. The van der Waals surface area contributed by atoms with Crippen LogP contribution in [0.4, 0.5) is 5.82 Å². The lowest BCUT2D eigenvalue weighted by molar-refractivity contribution is 0.0237. The average molecular weight is 309 g/mol. The molecule has 22 heavy (non-hydrogen) atoms. The fourth-order valence-electron chi connectivity index (χ4n) is 2.28. The van der Waals surface area contributed by atoms with E-state index < -0.39 is 0 Å². The summed E-state index contributed by atoms with van der Waals surface area (Å²) in [6, 6.07) is 2.07. The monoisotopic (exact) mass is 309 g/mol. The third kappa shape index (κ3) is 5.42. The molecule has 2 rings (SSSR count). The van der Waals surface area contributed by atoms with Crippen LogP contribution in [-0.2, 0) is 9.47 Å². The molecule has 2 heterocycles. The van der Waals surface area contributed by atoms with Gasteiger partial charge in [-0.2, -0.15) is 0 Å². The van der Waals surface area contributed by atoms with Gasteiger partial charge in [0, 0.05) is 25.5 Å². The Hall–Kier alpha value is -1.40. The predicted octanol–water partition coefficient (Wildman–Crippen LogP) is 2.51. The lowest BCUT2D eigenvalue weighted by Gasteiger charge is -2.24. The zero-order chi connectivity index (χ0) is 15.8. The van der Waals surface area contributed by atoms with Gasteiger partial charge in [0.1, 0.15) is 18.2 Å². The van der Waals surface area contributed by atoms with Crippen LogP contribution in [0.25, 0.3) is 0 Å². The molecule has 0 spiro atoms. The van der Waals surface area contributed by atoms with Crippen LogP contribution >= 0.6 is 0 Å². The van der Waals surface area contributed by atoms with E-state index in [1.807, 2.05) is 13.0 Å². The molecule has 1 N–H and O–H groups in total. The van der Waals surface area contributed by atoms with Gasteiger partial charge in [0.2, 0.25) is 5.88 Å². The Balaban J connectivity index is 1.94. The van der Waals surface area contributed by atoms with Gasteiger partial charge in [-0.05, 0) is 12.8 Å². The van der Waals surface area contributed by atoms with Crippen molar-refractivity contribution in [3.63, 3.8) is 0 Å². The van der Waals surface area contributed by atoms with Gasteiger partial charge in [0.25, 0.3) is 0 Å². The first kappa shape index (κ1) is 17.0. The quantitative estimate of drug-likeness (QED) is 0.796. The minimum atomic E-state index is 0.181. The smallest absolute Gasteiger partial charge is 0.218 e. The van der Waals surface area contributed by atoms with E-state index in [-0.39, 0.29) is 12.1 Å². The fraction of sp³-hybridized carbons (Fsp3) is 0.750. The first-order valence-corrected chi connectivity index (χ1v) is 8.09. The molecule has 124 valence electrons.